The number of guanidine groups is 1. The van der Waals surface area contributed by atoms with E-state index in [1.165, 1.54) is 7.05 Å². The molecule has 24 heavy (non-hydrogen) atoms. The maximum atomic E-state index is 11.7. The molecular weight excluding hydrogens is 324 g/mol. The van der Waals surface area contributed by atoms with Gasteiger partial charge in [0.05, 0.1) is 11.4 Å². The van der Waals surface area contributed by atoms with Crippen LogP contribution in [0.4, 0.5) is 0 Å². The van der Waals surface area contributed by atoms with Crippen LogP contribution >= 0.6 is 0 Å². The Balaban J connectivity index is 2.77. The molecule has 0 spiro atoms. The minimum Gasteiger partial charge on any atom is -0.357 e. The topological polar surface area (TPSA) is 73.8 Å². The van der Waals surface area contributed by atoms with Crippen molar-refractivity contribution in [3.8, 4) is 0 Å². The summed E-state index contributed by atoms with van der Waals surface area (Å²) in [4.78, 5) is 6.96. The van der Waals surface area contributed by atoms with Gasteiger partial charge in [-0.15, -0.1) is 6.58 Å². The minimum absolute atomic E-state index is 0.256. The van der Waals surface area contributed by atoms with Gasteiger partial charge in [-0.3, -0.25) is 0 Å². The van der Waals surface area contributed by atoms with Crippen LogP contribution in [-0.2, 0) is 16.6 Å². The second-order valence-corrected chi connectivity index (χ2v) is 7.26. The second-order valence-electron chi connectivity index (χ2n) is 5.37. The van der Waals surface area contributed by atoms with E-state index in [9.17, 15) is 8.42 Å². The first-order chi connectivity index (χ1) is 11.4. The molecule has 0 amide bonds. The number of rotatable bonds is 9. The fourth-order valence-corrected chi connectivity index (χ4v) is 2.84. The molecule has 0 aliphatic rings. The summed E-state index contributed by atoms with van der Waals surface area (Å²) in [6, 6.07) is 6.76. The van der Waals surface area contributed by atoms with E-state index in [4.69, 9.17) is 0 Å². The average Bonchev–Trinajstić information content (AvgIpc) is 2.59. The molecule has 0 atom stereocenters. The van der Waals surface area contributed by atoms with Crippen LogP contribution in [0.3, 0.4) is 0 Å². The van der Waals surface area contributed by atoms with Crippen LogP contribution in [0, 0.1) is 0 Å². The summed E-state index contributed by atoms with van der Waals surface area (Å²) in [5.74, 6) is 0.841. The van der Waals surface area contributed by atoms with Crippen LogP contribution in [0.5, 0.6) is 0 Å². The summed E-state index contributed by atoms with van der Waals surface area (Å²) in [5, 5.41) is 3.27. The maximum absolute atomic E-state index is 11.7. The molecule has 0 aliphatic carbocycles. The van der Waals surface area contributed by atoms with Crippen LogP contribution in [0.2, 0.25) is 0 Å². The van der Waals surface area contributed by atoms with Crippen LogP contribution in [-0.4, -0.2) is 46.5 Å². The third kappa shape index (κ3) is 6.33. The van der Waals surface area contributed by atoms with Crippen molar-refractivity contribution in [2.45, 2.75) is 31.2 Å². The molecule has 0 aromatic heterocycles. The van der Waals surface area contributed by atoms with Gasteiger partial charge >= 0.3 is 0 Å². The molecule has 134 valence electrons. The molecule has 0 heterocycles. The van der Waals surface area contributed by atoms with Crippen molar-refractivity contribution in [3.63, 3.8) is 0 Å². The molecule has 0 saturated carbocycles. The Labute approximate surface area is 145 Å². The van der Waals surface area contributed by atoms with Crippen LogP contribution in [0.15, 0.2) is 46.8 Å². The summed E-state index contributed by atoms with van der Waals surface area (Å²) in [5.41, 5.74) is 0.958. The van der Waals surface area contributed by atoms with Gasteiger partial charge in [-0.25, -0.2) is 18.1 Å². The highest BCUT2D eigenvalue weighted by Crippen LogP contribution is 2.11. The van der Waals surface area contributed by atoms with Gasteiger partial charge in [0.2, 0.25) is 10.0 Å². The van der Waals surface area contributed by atoms with Gasteiger partial charge in [0.15, 0.2) is 5.96 Å². The van der Waals surface area contributed by atoms with Crippen molar-refractivity contribution in [2.24, 2.45) is 4.99 Å². The van der Waals surface area contributed by atoms with E-state index in [0.29, 0.717) is 6.54 Å². The number of nitrogens with one attached hydrogen (secondary N) is 2. The lowest BCUT2D eigenvalue weighted by molar-refractivity contribution is 0.470. The number of allylic oxidation sites excluding steroid dienone is 1. The molecule has 0 aliphatic heterocycles. The predicted molar refractivity (Wildman–Crippen MR) is 99.6 cm³/mol. The Bertz CT molecular complexity index is 639. The van der Waals surface area contributed by atoms with E-state index in [1.807, 2.05) is 20.0 Å². The Morgan fingerprint density at radius 1 is 1.33 bits per heavy atom. The first-order valence-corrected chi connectivity index (χ1v) is 9.55. The molecule has 6 nitrogen and oxygen atoms in total. The number of hydrogen-bond donors (Lipinski definition) is 2. The first-order valence-electron chi connectivity index (χ1n) is 8.07. The molecule has 0 bridgehead atoms. The van der Waals surface area contributed by atoms with Crippen molar-refractivity contribution >= 4 is 16.0 Å². The normalized spacial score (nSPS) is 12.0. The zero-order valence-electron chi connectivity index (χ0n) is 14.7. The lowest BCUT2D eigenvalue weighted by atomic mass is 10.2. The summed E-state index contributed by atoms with van der Waals surface area (Å²) in [6.45, 7) is 7.96. The predicted octanol–water partition coefficient (Wildman–Crippen LogP) is 1.96. The van der Waals surface area contributed by atoms with E-state index in [-0.39, 0.29) is 4.90 Å². The number of sulfonamides is 1. The quantitative estimate of drug-likeness (QED) is 0.308. The third-order valence-electron chi connectivity index (χ3n) is 3.51. The summed E-state index contributed by atoms with van der Waals surface area (Å²) >= 11 is 0. The average molecular weight is 353 g/mol. The molecule has 2 N–H and O–H groups in total. The van der Waals surface area contributed by atoms with E-state index in [1.54, 1.807) is 24.3 Å². The summed E-state index contributed by atoms with van der Waals surface area (Å²) in [6.07, 6.45) is 3.92. The number of benzene rings is 1. The van der Waals surface area contributed by atoms with E-state index in [2.05, 4.69) is 26.5 Å². The Kier molecular flexibility index (Phi) is 8.49. The monoisotopic (exact) mass is 352 g/mol. The number of nitrogens with zero attached hydrogens (tertiary/aromatic N) is 2. The molecular formula is C17H28N4O2S. The standard InChI is InChI=1S/C17H28N4O2S/c1-5-7-8-13-21(4)17(19-6-2)20-14-15-9-11-16(12-10-15)24(22,23)18-3/h5,9-12,18H,1,6-8,13-14H2,2-4H3,(H,19,20). The Morgan fingerprint density at radius 3 is 2.54 bits per heavy atom. The van der Waals surface area contributed by atoms with Crippen molar-refractivity contribution < 1.29 is 8.42 Å². The molecule has 0 unspecified atom stereocenters. The van der Waals surface area contributed by atoms with Gasteiger partial charge in [-0.2, -0.15) is 0 Å². The van der Waals surface area contributed by atoms with Gasteiger partial charge in [0.1, 0.15) is 0 Å². The van der Waals surface area contributed by atoms with Gasteiger partial charge in [-0.05, 0) is 44.5 Å². The molecule has 0 fully saturated rings. The largest absolute Gasteiger partial charge is 0.357 e. The third-order valence-corrected chi connectivity index (χ3v) is 4.94. The van der Waals surface area contributed by atoms with E-state index < -0.39 is 10.0 Å². The summed E-state index contributed by atoms with van der Waals surface area (Å²) < 4.78 is 25.7. The fraction of sp³-hybridized carbons (Fsp3) is 0.471. The highest BCUT2D eigenvalue weighted by molar-refractivity contribution is 7.89. The van der Waals surface area contributed by atoms with Crippen molar-refractivity contribution in [1.29, 1.82) is 0 Å². The molecule has 7 heteroatoms. The van der Waals surface area contributed by atoms with Crippen molar-refractivity contribution in [2.75, 3.05) is 27.2 Å². The molecule has 1 rings (SSSR count). The van der Waals surface area contributed by atoms with Crippen LogP contribution < -0.4 is 10.0 Å². The SMILES string of the molecule is C=CCCCN(C)C(=NCc1ccc(S(=O)(=O)NC)cc1)NCC. The Morgan fingerprint density at radius 2 is 2.00 bits per heavy atom. The zero-order chi connectivity index (χ0) is 18.0. The van der Waals surface area contributed by atoms with Gasteiger partial charge in [0.25, 0.3) is 0 Å². The molecule has 0 saturated heterocycles. The number of hydrogen-bond acceptors (Lipinski definition) is 3. The van der Waals surface area contributed by atoms with Gasteiger partial charge in [-0.1, -0.05) is 18.2 Å². The Hall–Kier alpha value is -1.86. The smallest absolute Gasteiger partial charge is 0.240 e. The van der Waals surface area contributed by atoms with Gasteiger partial charge < -0.3 is 10.2 Å². The fourth-order valence-electron chi connectivity index (χ4n) is 2.11. The molecule has 0 radical (unpaired) electrons. The minimum atomic E-state index is -3.40. The lowest BCUT2D eigenvalue weighted by Crippen LogP contribution is -2.39. The van der Waals surface area contributed by atoms with E-state index in [0.717, 1.165) is 37.5 Å². The number of unbranched alkanes of at least 4 members (excludes halogenated alkanes) is 1. The first kappa shape index (κ1) is 20.2. The van der Waals surface area contributed by atoms with Gasteiger partial charge in [0, 0.05) is 20.1 Å². The van der Waals surface area contributed by atoms with E-state index >= 15 is 0 Å². The highest BCUT2D eigenvalue weighted by atomic mass is 32.2. The lowest BCUT2D eigenvalue weighted by Gasteiger charge is -2.21. The highest BCUT2D eigenvalue weighted by Gasteiger charge is 2.10. The van der Waals surface area contributed by atoms with Crippen LogP contribution in [0.1, 0.15) is 25.3 Å². The zero-order valence-corrected chi connectivity index (χ0v) is 15.6. The van der Waals surface area contributed by atoms with Crippen molar-refractivity contribution in [3.05, 3.63) is 42.5 Å². The molecule has 1 aromatic carbocycles. The maximum Gasteiger partial charge on any atom is 0.240 e. The molecule has 1 aromatic rings. The number of aliphatic imine (C=N–C) groups is 1. The second kappa shape index (κ2) is 10.1. The summed E-state index contributed by atoms with van der Waals surface area (Å²) in [7, 11) is 0.0128. The van der Waals surface area contributed by atoms with Crippen LogP contribution in [0.25, 0.3) is 0 Å². The van der Waals surface area contributed by atoms with Crippen molar-refractivity contribution in [1.82, 2.24) is 14.9 Å².